The molecule has 3 rings (SSSR count). The molecule has 124 valence electrons. The van der Waals surface area contributed by atoms with Crippen LogP contribution in [0.5, 0.6) is 11.5 Å². The van der Waals surface area contributed by atoms with Gasteiger partial charge in [-0.15, -0.1) is 0 Å². The monoisotopic (exact) mass is 344 g/mol. The van der Waals surface area contributed by atoms with E-state index in [1.54, 1.807) is 38.5 Å². The number of carbonyl (C=O) groups is 1. The molecule has 0 aliphatic rings. The first kappa shape index (κ1) is 16.2. The maximum atomic E-state index is 12.6. The highest BCUT2D eigenvalue weighted by Gasteiger charge is 2.17. The third-order valence-corrected chi connectivity index (χ3v) is 4.14. The van der Waals surface area contributed by atoms with Crippen molar-refractivity contribution in [3.05, 3.63) is 52.7 Å². The van der Waals surface area contributed by atoms with Crippen LogP contribution in [-0.2, 0) is 0 Å². The van der Waals surface area contributed by atoms with E-state index >= 15 is 0 Å². The van der Waals surface area contributed by atoms with Crippen molar-refractivity contribution in [3.63, 3.8) is 0 Å². The van der Waals surface area contributed by atoms with Crippen molar-refractivity contribution in [1.82, 2.24) is 4.98 Å². The van der Waals surface area contributed by atoms with E-state index in [1.807, 2.05) is 19.1 Å². The van der Waals surface area contributed by atoms with E-state index in [4.69, 9.17) is 21.1 Å². The maximum Gasteiger partial charge on any atom is 0.272 e. The van der Waals surface area contributed by atoms with Gasteiger partial charge in [-0.25, -0.2) is 0 Å². The predicted molar refractivity (Wildman–Crippen MR) is 95.5 cm³/mol. The molecule has 1 heterocycles. The number of amides is 1. The van der Waals surface area contributed by atoms with Gasteiger partial charge in [0, 0.05) is 22.0 Å². The lowest BCUT2D eigenvalue weighted by atomic mass is 10.1. The van der Waals surface area contributed by atoms with E-state index in [1.165, 1.54) is 0 Å². The minimum atomic E-state index is -0.247. The number of methoxy groups -OCH3 is 2. The van der Waals surface area contributed by atoms with Crippen molar-refractivity contribution in [2.24, 2.45) is 0 Å². The van der Waals surface area contributed by atoms with Gasteiger partial charge < -0.3 is 19.8 Å². The summed E-state index contributed by atoms with van der Waals surface area (Å²) < 4.78 is 10.5. The van der Waals surface area contributed by atoms with Gasteiger partial charge in [0.1, 0.15) is 17.2 Å². The molecule has 0 fully saturated rings. The number of carbonyl (C=O) groups excluding carboxylic acids is 1. The fourth-order valence-corrected chi connectivity index (χ4v) is 2.78. The summed E-state index contributed by atoms with van der Waals surface area (Å²) in [6, 6.07) is 10.7. The highest BCUT2D eigenvalue weighted by molar-refractivity contribution is 6.31. The minimum Gasteiger partial charge on any atom is -0.497 e. The van der Waals surface area contributed by atoms with Crippen LogP contribution in [0, 0.1) is 6.92 Å². The van der Waals surface area contributed by atoms with Gasteiger partial charge in [0.15, 0.2) is 0 Å². The molecular formula is C18H17ClN2O3. The number of aromatic amines is 1. The summed E-state index contributed by atoms with van der Waals surface area (Å²) in [6.07, 6.45) is 0. The summed E-state index contributed by atoms with van der Waals surface area (Å²) >= 11 is 6.03. The van der Waals surface area contributed by atoms with Crippen LogP contribution in [-0.4, -0.2) is 25.1 Å². The molecule has 0 aliphatic heterocycles. The highest BCUT2D eigenvalue weighted by Crippen LogP contribution is 2.30. The second-order valence-corrected chi connectivity index (χ2v) is 5.77. The number of rotatable bonds is 4. The standard InChI is InChI=1S/C18H17ClN2O3/c1-10-13-8-11(19)4-6-14(13)20-17(10)18(22)21-15-7-5-12(23-2)9-16(15)24-3/h4-9,20H,1-3H3,(H,21,22). The molecule has 0 unspecified atom stereocenters. The summed E-state index contributed by atoms with van der Waals surface area (Å²) in [6.45, 7) is 1.88. The van der Waals surface area contributed by atoms with Gasteiger partial charge >= 0.3 is 0 Å². The van der Waals surface area contributed by atoms with Crippen molar-refractivity contribution < 1.29 is 14.3 Å². The number of hydrogen-bond acceptors (Lipinski definition) is 3. The van der Waals surface area contributed by atoms with Crippen molar-refractivity contribution in [1.29, 1.82) is 0 Å². The number of benzene rings is 2. The lowest BCUT2D eigenvalue weighted by molar-refractivity contribution is 0.102. The molecule has 3 aromatic rings. The summed E-state index contributed by atoms with van der Waals surface area (Å²) in [5.41, 5.74) is 2.77. The number of anilines is 1. The zero-order valence-corrected chi connectivity index (χ0v) is 14.3. The van der Waals surface area contributed by atoms with E-state index in [-0.39, 0.29) is 5.91 Å². The first-order valence-corrected chi connectivity index (χ1v) is 7.72. The number of nitrogens with one attached hydrogen (secondary N) is 2. The molecule has 2 N–H and O–H groups in total. The predicted octanol–water partition coefficient (Wildman–Crippen LogP) is 4.40. The quantitative estimate of drug-likeness (QED) is 0.737. The topological polar surface area (TPSA) is 63.3 Å². The Labute approximate surface area is 144 Å². The van der Waals surface area contributed by atoms with Crippen LogP contribution in [0.25, 0.3) is 10.9 Å². The number of fused-ring (bicyclic) bond motifs is 1. The van der Waals surface area contributed by atoms with Gasteiger partial charge in [0.2, 0.25) is 0 Å². The Morgan fingerprint density at radius 2 is 1.92 bits per heavy atom. The van der Waals surface area contributed by atoms with Gasteiger partial charge in [-0.1, -0.05) is 11.6 Å². The molecule has 1 aromatic heterocycles. The third kappa shape index (κ3) is 2.90. The second-order valence-electron chi connectivity index (χ2n) is 5.34. The number of H-pyrrole nitrogens is 1. The molecule has 0 saturated carbocycles. The molecule has 0 saturated heterocycles. The number of hydrogen-bond donors (Lipinski definition) is 2. The lowest BCUT2D eigenvalue weighted by Crippen LogP contribution is -2.14. The molecule has 0 spiro atoms. The van der Waals surface area contributed by atoms with E-state index in [0.717, 1.165) is 16.5 Å². The average Bonchev–Trinajstić information content (AvgIpc) is 2.91. The molecule has 2 aromatic carbocycles. The van der Waals surface area contributed by atoms with Crippen LogP contribution in [0.2, 0.25) is 5.02 Å². The Morgan fingerprint density at radius 1 is 1.12 bits per heavy atom. The van der Waals surface area contributed by atoms with Crippen LogP contribution < -0.4 is 14.8 Å². The van der Waals surface area contributed by atoms with Gasteiger partial charge in [0.25, 0.3) is 5.91 Å². The molecule has 6 heteroatoms. The summed E-state index contributed by atoms with van der Waals surface area (Å²) in [5.74, 6) is 0.934. The van der Waals surface area contributed by atoms with Crippen LogP contribution >= 0.6 is 11.6 Å². The maximum absolute atomic E-state index is 12.6. The van der Waals surface area contributed by atoms with E-state index < -0.39 is 0 Å². The zero-order valence-electron chi connectivity index (χ0n) is 13.6. The van der Waals surface area contributed by atoms with Gasteiger partial charge in [-0.05, 0) is 42.8 Å². The third-order valence-electron chi connectivity index (χ3n) is 3.90. The summed E-state index contributed by atoms with van der Waals surface area (Å²) in [5, 5.41) is 4.42. The van der Waals surface area contributed by atoms with E-state index in [2.05, 4.69) is 10.3 Å². The molecule has 1 amide bonds. The first-order valence-electron chi connectivity index (χ1n) is 7.34. The van der Waals surface area contributed by atoms with Crippen molar-refractivity contribution >= 4 is 34.1 Å². The van der Waals surface area contributed by atoms with Gasteiger partial charge in [-0.3, -0.25) is 4.79 Å². The van der Waals surface area contributed by atoms with Crippen molar-refractivity contribution in [2.45, 2.75) is 6.92 Å². The number of aromatic nitrogens is 1. The Bertz CT molecular complexity index is 918. The molecule has 0 bridgehead atoms. The molecule has 0 atom stereocenters. The lowest BCUT2D eigenvalue weighted by Gasteiger charge is -2.11. The summed E-state index contributed by atoms with van der Waals surface area (Å²) in [7, 11) is 3.12. The smallest absolute Gasteiger partial charge is 0.272 e. The number of aryl methyl sites for hydroxylation is 1. The van der Waals surface area contributed by atoms with Crippen molar-refractivity contribution in [2.75, 3.05) is 19.5 Å². The van der Waals surface area contributed by atoms with Crippen LogP contribution in [0.1, 0.15) is 16.1 Å². The fourth-order valence-electron chi connectivity index (χ4n) is 2.61. The fraction of sp³-hybridized carbons (Fsp3) is 0.167. The molecule has 0 radical (unpaired) electrons. The second kappa shape index (κ2) is 6.45. The van der Waals surface area contributed by atoms with Crippen LogP contribution in [0.4, 0.5) is 5.69 Å². The minimum absolute atomic E-state index is 0.247. The molecule has 5 nitrogen and oxygen atoms in total. The van der Waals surface area contributed by atoms with Crippen LogP contribution in [0.3, 0.4) is 0 Å². The Kier molecular flexibility index (Phi) is 4.36. The van der Waals surface area contributed by atoms with Crippen LogP contribution in [0.15, 0.2) is 36.4 Å². The van der Waals surface area contributed by atoms with Crippen molar-refractivity contribution in [3.8, 4) is 11.5 Å². The molecule has 0 aliphatic carbocycles. The molecular weight excluding hydrogens is 328 g/mol. The Balaban J connectivity index is 1.94. The zero-order chi connectivity index (χ0) is 17.3. The SMILES string of the molecule is COc1ccc(NC(=O)c2[nH]c3ccc(Cl)cc3c2C)c(OC)c1. The Hall–Kier alpha value is -2.66. The summed E-state index contributed by atoms with van der Waals surface area (Å²) in [4.78, 5) is 15.8. The average molecular weight is 345 g/mol. The largest absolute Gasteiger partial charge is 0.497 e. The number of halogens is 1. The van der Waals surface area contributed by atoms with Gasteiger partial charge in [0.05, 0.1) is 19.9 Å². The van der Waals surface area contributed by atoms with E-state index in [9.17, 15) is 4.79 Å². The normalized spacial score (nSPS) is 10.7. The first-order chi connectivity index (χ1) is 11.5. The number of ether oxygens (including phenoxy) is 2. The van der Waals surface area contributed by atoms with Gasteiger partial charge in [-0.2, -0.15) is 0 Å². The van der Waals surface area contributed by atoms with E-state index in [0.29, 0.717) is 27.9 Å². The highest BCUT2D eigenvalue weighted by atomic mass is 35.5. The Morgan fingerprint density at radius 3 is 2.62 bits per heavy atom. The molecule has 24 heavy (non-hydrogen) atoms.